The topological polar surface area (TPSA) is 244 Å². The molecule has 4 heterocycles. The second kappa shape index (κ2) is 21.6. The fourth-order valence-corrected chi connectivity index (χ4v) is 10.2. The molecule has 0 radical (unpaired) electrons. The average Bonchev–Trinajstić information content (AvgIpc) is 4.21. The highest BCUT2D eigenvalue weighted by Crippen LogP contribution is 2.45. The first-order valence-corrected chi connectivity index (χ1v) is 22.9. The number of methoxy groups -OCH3 is 2. The minimum atomic E-state index is -0.935. The van der Waals surface area contributed by atoms with Crippen molar-refractivity contribution in [3.8, 4) is 11.5 Å². The highest BCUT2D eigenvalue weighted by atomic mass is 35.5. The van der Waals surface area contributed by atoms with E-state index in [1.165, 1.54) is 0 Å². The predicted octanol–water partition coefficient (Wildman–Crippen LogP) is 6.22. The van der Waals surface area contributed by atoms with Gasteiger partial charge in [0.1, 0.15) is 23.6 Å². The Morgan fingerprint density at radius 1 is 0.662 bits per heavy atom. The second-order valence-corrected chi connectivity index (χ2v) is 17.7. The molecule has 2 saturated heterocycles. The van der Waals surface area contributed by atoms with Crippen molar-refractivity contribution in [3.05, 3.63) is 108 Å². The Morgan fingerprint density at radius 3 is 1.62 bits per heavy atom. The summed E-state index contributed by atoms with van der Waals surface area (Å²) in [7, 11) is 3.22. The monoisotopic (exact) mass is 950 g/mol. The van der Waals surface area contributed by atoms with Gasteiger partial charge in [-0.1, -0.05) is 62.1 Å². The van der Waals surface area contributed by atoms with Crippen LogP contribution in [-0.4, -0.2) is 116 Å². The summed E-state index contributed by atoms with van der Waals surface area (Å²) in [5.74, 6) is 0.126. The van der Waals surface area contributed by atoms with Crippen LogP contribution in [0.1, 0.15) is 75.3 Å². The molecule has 3 amide bonds. The van der Waals surface area contributed by atoms with Crippen LogP contribution in [-0.2, 0) is 30.0 Å². The van der Waals surface area contributed by atoms with Crippen LogP contribution in [0.2, 0.25) is 0 Å². The molecule has 0 spiro atoms. The lowest BCUT2D eigenvalue weighted by atomic mass is 9.77. The van der Waals surface area contributed by atoms with Crippen LogP contribution >= 0.6 is 12.4 Å². The summed E-state index contributed by atoms with van der Waals surface area (Å²) in [5.41, 5.74) is 3.47. The van der Waals surface area contributed by atoms with Gasteiger partial charge in [0.15, 0.2) is 0 Å². The van der Waals surface area contributed by atoms with Crippen LogP contribution in [0.25, 0.3) is 21.8 Å². The van der Waals surface area contributed by atoms with Gasteiger partial charge in [0.05, 0.1) is 72.1 Å². The molecular formula is C50H59ClN8O9. The van der Waals surface area contributed by atoms with Crippen LogP contribution in [0.3, 0.4) is 0 Å². The summed E-state index contributed by atoms with van der Waals surface area (Å²) in [6, 6.07) is 24.6. The quantitative estimate of drug-likeness (QED) is 0.0763. The van der Waals surface area contributed by atoms with Gasteiger partial charge in [-0.3, -0.25) is 29.4 Å². The van der Waals surface area contributed by atoms with Gasteiger partial charge in [0.2, 0.25) is 17.7 Å². The summed E-state index contributed by atoms with van der Waals surface area (Å²) in [5, 5.41) is 53.8. The van der Waals surface area contributed by atoms with Crippen molar-refractivity contribution in [2.45, 2.75) is 99.3 Å². The zero-order valence-corrected chi connectivity index (χ0v) is 38.9. The Hall–Kier alpha value is -6.53. The van der Waals surface area contributed by atoms with E-state index >= 15 is 0 Å². The van der Waals surface area contributed by atoms with Gasteiger partial charge >= 0.3 is 5.97 Å². The number of aromatic amines is 2. The number of aliphatic hydroxyl groups excluding tert-OH is 2. The molecule has 10 rings (SSSR count). The number of aromatic nitrogens is 4. The third-order valence-electron chi connectivity index (χ3n) is 13.9. The number of carboxylic acids is 1. The molecule has 8 N–H and O–H groups in total. The number of fused-ring (bicyclic) bond motifs is 2. The molecule has 2 aliphatic heterocycles. The van der Waals surface area contributed by atoms with E-state index in [1.807, 2.05) is 78.9 Å². The van der Waals surface area contributed by atoms with Gasteiger partial charge < -0.3 is 45.6 Å². The maximum atomic E-state index is 14.0. The smallest absolute Gasteiger partial charge is 0.314 e. The number of rotatable bonds is 10. The Kier molecular flexibility index (Phi) is 15.7. The molecule has 2 aliphatic carbocycles. The summed E-state index contributed by atoms with van der Waals surface area (Å²) < 4.78 is 10.4. The fraction of sp³-hybridized carbons (Fsp3) is 0.400. The van der Waals surface area contributed by atoms with E-state index in [1.54, 1.807) is 37.6 Å². The molecule has 17 nitrogen and oxygen atoms in total. The number of anilines is 2. The Labute approximate surface area is 399 Å². The number of nitrogens with one attached hydrogen (secondary N) is 5. The molecule has 0 bridgehead atoms. The number of carbonyl (C=O) groups excluding carboxylic acids is 3. The number of hydrogen-bond acceptors (Lipinski definition) is 11. The molecule has 68 heavy (non-hydrogen) atoms. The number of benzene rings is 4. The Bertz CT molecular complexity index is 2680. The van der Waals surface area contributed by atoms with Crippen molar-refractivity contribution >= 4 is 69.3 Å². The fourth-order valence-electron chi connectivity index (χ4n) is 10.2. The third kappa shape index (κ3) is 10.0. The van der Waals surface area contributed by atoms with Crippen LogP contribution in [0.4, 0.5) is 11.4 Å². The lowest BCUT2D eigenvalue weighted by Gasteiger charge is -2.36. The number of aliphatic carboxylic acids is 1. The van der Waals surface area contributed by atoms with Gasteiger partial charge in [0.25, 0.3) is 0 Å². The average molecular weight is 952 g/mol. The van der Waals surface area contributed by atoms with Gasteiger partial charge in [0, 0.05) is 17.3 Å². The van der Waals surface area contributed by atoms with E-state index in [-0.39, 0.29) is 30.1 Å². The van der Waals surface area contributed by atoms with E-state index < -0.39 is 41.1 Å². The first-order chi connectivity index (χ1) is 32.5. The number of halogens is 1. The number of aliphatic hydroxyl groups is 2. The molecule has 1 unspecified atom stereocenters. The molecule has 4 atom stereocenters. The van der Waals surface area contributed by atoms with Crippen molar-refractivity contribution in [1.82, 2.24) is 30.6 Å². The van der Waals surface area contributed by atoms with E-state index in [0.717, 1.165) is 95.8 Å². The first kappa shape index (κ1) is 49.4. The number of carbonyl (C=O) groups is 4. The molecule has 6 aromatic rings. The Balaban J connectivity index is 0.000000165. The van der Waals surface area contributed by atoms with Crippen LogP contribution in [0, 0.1) is 0 Å². The molecular weight excluding hydrogens is 892 g/mol. The lowest BCUT2D eigenvalue weighted by molar-refractivity contribution is -0.143. The van der Waals surface area contributed by atoms with Gasteiger partial charge in [-0.15, -0.1) is 12.4 Å². The largest absolute Gasteiger partial charge is 0.497 e. The molecule has 2 saturated carbocycles. The number of hydrogen-bond donors (Lipinski definition) is 8. The van der Waals surface area contributed by atoms with E-state index in [4.69, 9.17) is 9.47 Å². The predicted molar refractivity (Wildman–Crippen MR) is 259 cm³/mol. The minimum absolute atomic E-state index is 0. The van der Waals surface area contributed by atoms with Crippen molar-refractivity contribution in [1.29, 1.82) is 0 Å². The van der Waals surface area contributed by atoms with Crippen LogP contribution in [0.15, 0.2) is 97.3 Å². The van der Waals surface area contributed by atoms with Gasteiger partial charge in [-0.25, -0.2) is 0 Å². The highest BCUT2D eigenvalue weighted by Gasteiger charge is 2.51. The van der Waals surface area contributed by atoms with Crippen molar-refractivity contribution in [2.75, 3.05) is 37.9 Å². The molecule has 18 heteroatoms. The molecule has 4 fully saturated rings. The number of carboxylic acid groups (broad SMARTS) is 1. The molecule has 4 aromatic carbocycles. The SMILES string of the molecule is COc1ccc(C2(C(=O)N3CC[C@H](O)[C@@H]3C(=O)Nc3cccc4[nH]ncc34)CCCC2)cc1.COc1ccc(C2(C(=O)O)CCCC2)cc1.Cl.O=C(Nc1cccc2[nH]ncc12)C1NCC[C@@H]1O. The van der Waals surface area contributed by atoms with E-state index in [9.17, 15) is 34.5 Å². The second-order valence-electron chi connectivity index (χ2n) is 17.7. The van der Waals surface area contributed by atoms with Crippen LogP contribution in [0.5, 0.6) is 11.5 Å². The summed E-state index contributed by atoms with van der Waals surface area (Å²) in [6.45, 7) is 1.01. The van der Waals surface area contributed by atoms with Gasteiger partial charge in [-0.05, 0) is 105 Å². The molecule has 2 aromatic heterocycles. The summed E-state index contributed by atoms with van der Waals surface area (Å²) in [4.78, 5) is 52.4. The maximum absolute atomic E-state index is 14.0. The third-order valence-corrected chi connectivity index (χ3v) is 13.9. The van der Waals surface area contributed by atoms with Crippen molar-refractivity contribution < 1.29 is 44.0 Å². The molecule has 360 valence electrons. The summed E-state index contributed by atoms with van der Waals surface area (Å²) in [6.07, 6.45) is 9.62. The maximum Gasteiger partial charge on any atom is 0.314 e. The minimum Gasteiger partial charge on any atom is -0.497 e. The lowest BCUT2D eigenvalue weighted by Crippen LogP contribution is -2.53. The van der Waals surface area contributed by atoms with Gasteiger partial charge in [-0.2, -0.15) is 10.2 Å². The zero-order chi connectivity index (χ0) is 47.1. The molecule has 4 aliphatic rings. The number of H-pyrrole nitrogens is 2. The van der Waals surface area contributed by atoms with E-state index in [0.29, 0.717) is 37.3 Å². The van der Waals surface area contributed by atoms with Crippen molar-refractivity contribution in [2.24, 2.45) is 0 Å². The standard InChI is InChI=1S/C25H28N4O4.C13H16O3.C12H14N4O2.ClH/c1-33-17-9-7-16(8-10-17)25(12-2-3-13-25)24(32)29-14-11-21(30)22(29)23(31)27-19-5-4-6-20-18(19)15-26-28-20;1-16-11-6-4-10(5-7-11)13(12(14)15)8-2-3-9-13;17-10-4-5-13-11(10)12(18)15-8-2-1-3-9-7(8)6-14-16-9;/h4-10,15,21-22,30H,2-3,11-14H2,1H3,(H,26,28)(H,27,31);4-7H,2-3,8-9H2,1H3,(H,14,15);1-3,6,10-11,13,17H,4-5H2,(H,14,16)(H,15,18);1H/t21-,22+;;10-,11?;/m0.0./s1. The number of nitrogens with zero attached hydrogens (tertiary/aromatic N) is 3. The highest BCUT2D eigenvalue weighted by molar-refractivity contribution is 6.05. The number of amides is 3. The number of ether oxygens (including phenoxy) is 2. The van der Waals surface area contributed by atoms with E-state index in [2.05, 4.69) is 36.3 Å². The number of likely N-dealkylation sites (tertiary alicyclic amines) is 1. The van der Waals surface area contributed by atoms with Crippen LogP contribution < -0.4 is 25.4 Å². The first-order valence-electron chi connectivity index (χ1n) is 22.9. The summed E-state index contributed by atoms with van der Waals surface area (Å²) >= 11 is 0. The normalized spacial score (nSPS) is 21.1. The zero-order valence-electron chi connectivity index (χ0n) is 38.1. The Morgan fingerprint density at radius 2 is 1.15 bits per heavy atom. The van der Waals surface area contributed by atoms with Crippen molar-refractivity contribution in [3.63, 3.8) is 0 Å².